The number of likely N-dealkylation sites (tertiary alicyclic amines) is 1. The molecule has 1 aliphatic heterocycles. The van der Waals surface area contributed by atoms with Crippen molar-refractivity contribution in [3.63, 3.8) is 0 Å². The first kappa shape index (κ1) is 16.8. The van der Waals surface area contributed by atoms with E-state index in [-0.39, 0.29) is 10.8 Å². The topological polar surface area (TPSA) is 20.3 Å². The summed E-state index contributed by atoms with van der Waals surface area (Å²) in [5.41, 5.74) is 0.523. The lowest BCUT2D eigenvalue weighted by atomic mass is 9.76. The van der Waals surface area contributed by atoms with E-state index in [2.05, 4.69) is 46.4 Å². The highest BCUT2D eigenvalue weighted by Crippen LogP contribution is 2.59. The molecular weight excluding hydrogens is 258 g/mol. The zero-order valence-electron chi connectivity index (χ0n) is 15.1. The minimum atomic E-state index is -0.0365. The van der Waals surface area contributed by atoms with Gasteiger partial charge in [-0.15, -0.1) is 0 Å². The maximum Gasteiger partial charge on any atom is 0.229 e. The number of rotatable bonds is 3. The van der Waals surface area contributed by atoms with Gasteiger partial charge in [0.15, 0.2) is 0 Å². The Hall–Kier alpha value is -0.530. The van der Waals surface area contributed by atoms with E-state index in [4.69, 9.17) is 0 Å². The molecule has 0 aromatic carbocycles. The molecule has 0 atom stereocenters. The number of piperidine rings is 1. The highest BCUT2D eigenvalue weighted by molar-refractivity contribution is 5.86. The minimum absolute atomic E-state index is 0.0365. The van der Waals surface area contributed by atoms with Crippen LogP contribution in [0.5, 0.6) is 0 Å². The normalized spacial score (nSPS) is 23.2. The second-order valence-corrected chi connectivity index (χ2v) is 9.67. The van der Waals surface area contributed by atoms with Crippen LogP contribution in [0.1, 0.15) is 80.1 Å². The molecule has 2 heteroatoms. The molecule has 2 fully saturated rings. The molecule has 0 bridgehead atoms. The van der Waals surface area contributed by atoms with Gasteiger partial charge in [-0.25, -0.2) is 0 Å². The first-order chi connectivity index (χ1) is 9.55. The van der Waals surface area contributed by atoms with Crippen molar-refractivity contribution in [3.8, 4) is 0 Å². The first-order valence-corrected chi connectivity index (χ1v) is 8.85. The standard InChI is InChI=1S/C19H35NO/c1-17(2,3)10-7-15-8-13-20(14-9-15)16(21)19(11-12-19)18(4,5)6/h15H,7-14H2,1-6H3. The second-order valence-electron chi connectivity index (χ2n) is 9.67. The summed E-state index contributed by atoms with van der Waals surface area (Å²) in [7, 11) is 0. The molecule has 0 radical (unpaired) electrons. The summed E-state index contributed by atoms with van der Waals surface area (Å²) >= 11 is 0. The van der Waals surface area contributed by atoms with Crippen LogP contribution < -0.4 is 0 Å². The van der Waals surface area contributed by atoms with E-state index >= 15 is 0 Å². The Balaban J connectivity index is 1.83. The van der Waals surface area contributed by atoms with Gasteiger partial charge in [0.1, 0.15) is 0 Å². The molecule has 0 unspecified atom stereocenters. The van der Waals surface area contributed by atoms with Crippen LogP contribution in [-0.2, 0) is 4.79 Å². The number of hydrogen-bond donors (Lipinski definition) is 0. The molecule has 122 valence electrons. The van der Waals surface area contributed by atoms with E-state index in [0.717, 1.165) is 31.8 Å². The van der Waals surface area contributed by atoms with Gasteiger partial charge in [-0.1, -0.05) is 41.5 Å². The van der Waals surface area contributed by atoms with Crippen molar-refractivity contribution < 1.29 is 4.79 Å². The molecular formula is C19H35NO. The van der Waals surface area contributed by atoms with E-state index in [1.807, 2.05) is 0 Å². The molecule has 0 spiro atoms. The molecule has 1 saturated carbocycles. The summed E-state index contributed by atoms with van der Waals surface area (Å²) in [6, 6.07) is 0. The maximum atomic E-state index is 12.9. The van der Waals surface area contributed by atoms with Crippen molar-refractivity contribution in [2.75, 3.05) is 13.1 Å². The van der Waals surface area contributed by atoms with Crippen molar-refractivity contribution in [2.45, 2.75) is 80.1 Å². The molecule has 0 aromatic rings. The average molecular weight is 293 g/mol. The molecule has 1 heterocycles. The molecule has 2 rings (SSSR count). The van der Waals surface area contributed by atoms with Crippen LogP contribution in [0.25, 0.3) is 0 Å². The van der Waals surface area contributed by atoms with Crippen molar-refractivity contribution in [2.24, 2.45) is 22.2 Å². The Labute approximate surface area is 131 Å². The van der Waals surface area contributed by atoms with Crippen molar-refractivity contribution in [1.82, 2.24) is 4.90 Å². The highest BCUT2D eigenvalue weighted by atomic mass is 16.2. The fourth-order valence-corrected chi connectivity index (χ4v) is 3.77. The summed E-state index contributed by atoms with van der Waals surface area (Å²) < 4.78 is 0. The van der Waals surface area contributed by atoms with Gasteiger partial charge < -0.3 is 4.90 Å². The van der Waals surface area contributed by atoms with Gasteiger partial charge in [-0.05, 0) is 55.3 Å². The first-order valence-electron chi connectivity index (χ1n) is 8.85. The number of nitrogens with zero attached hydrogens (tertiary/aromatic N) is 1. The summed E-state index contributed by atoms with van der Waals surface area (Å²) in [6.07, 6.45) is 7.25. The lowest BCUT2D eigenvalue weighted by Gasteiger charge is -2.39. The summed E-state index contributed by atoms with van der Waals surface area (Å²) in [4.78, 5) is 15.1. The van der Waals surface area contributed by atoms with Gasteiger partial charge in [0.05, 0.1) is 5.41 Å². The molecule has 2 aliphatic rings. The van der Waals surface area contributed by atoms with Gasteiger partial charge in [0.2, 0.25) is 5.91 Å². The predicted molar refractivity (Wildman–Crippen MR) is 89.1 cm³/mol. The summed E-state index contributed by atoms with van der Waals surface area (Å²) in [5, 5.41) is 0. The summed E-state index contributed by atoms with van der Waals surface area (Å²) in [6.45, 7) is 15.6. The Morgan fingerprint density at radius 2 is 1.57 bits per heavy atom. The Morgan fingerprint density at radius 3 is 1.95 bits per heavy atom. The molecule has 1 aliphatic carbocycles. The lowest BCUT2D eigenvalue weighted by Crippen LogP contribution is -2.46. The predicted octanol–water partition coefficient (Wildman–Crippen LogP) is 4.88. The zero-order chi connectivity index (χ0) is 15.9. The van der Waals surface area contributed by atoms with E-state index < -0.39 is 0 Å². The quantitative estimate of drug-likeness (QED) is 0.726. The fraction of sp³-hybridized carbons (Fsp3) is 0.947. The Kier molecular flexibility index (Phi) is 4.48. The van der Waals surface area contributed by atoms with E-state index in [0.29, 0.717) is 11.3 Å². The van der Waals surface area contributed by atoms with Gasteiger partial charge >= 0.3 is 0 Å². The second kappa shape index (κ2) is 5.59. The van der Waals surface area contributed by atoms with Crippen molar-refractivity contribution in [3.05, 3.63) is 0 Å². The van der Waals surface area contributed by atoms with Crippen molar-refractivity contribution in [1.29, 1.82) is 0 Å². The van der Waals surface area contributed by atoms with Crippen LogP contribution in [0.4, 0.5) is 0 Å². The average Bonchev–Trinajstić information content (AvgIpc) is 3.16. The molecule has 1 saturated heterocycles. The fourth-order valence-electron chi connectivity index (χ4n) is 3.77. The Bertz CT molecular complexity index is 373. The third-order valence-electron chi connectivity index (χ3n) is 5.80. The Morgan fingerprint density at radius 1 is 1.05 bits per heavy atom. The third kappa shape index (κ3) is 3.81. The van der Waals surface area contributed by atoms with Gasteiger partial charge in [0, 0.05) is 13.1 Å². The van der Waals surface area contributed by atoms with Crippen LogP contribution in [0.3, 0.4) is 0 Å². The van der Waals surface area contributed by atoms with E-state index in [1.54, 1.807) is 0 Å². The van der Waals surface area contributed by atoms with E-state index in [9.17, 15) is 4.79 Å². The van der Waals surface area contributed by atoms with Crippen LogP contribution >= 0.6 is 0 Å². The minimum Gasteiger partial charge on any atom is -0.342 e. The maximum absolute atomic E-state index is 12.9. The number of carbonyl (C=O) groups is 1. The molecule has 21 heavy (non-hydrogen) atoms. The largest absolute Gasteiger partial charge is 0.342 e. The smallest absolute Gasteiger partial charge is 0.229 e. The monoisotopic (exact) mass is 293 g/mol. The molecule has 0 N–H and O–H groups in total. The summed E-state index contributed by atoms with van der Waals surface area (Å²) in [5.74, 6) is 1.28. The van der Waals surface area contributed by atoms with Gasteiger partial charge in [0.25, 0.3) is 0 Å². The number of hydrogen-bond acceptors (Lipinski definition) is 1. The molecule has 2 nitrogen and oxygen atoms in total. The van der Waals surface area contributed by atoms with Crippen molar-refractivity contribution >= 4 is 5.91 Å². The van der Waals surface area contributed by atoms with E-state index in [1.165, 1.54) is 25.7 Å². The van der Waals surface area contributed by atoms with Crippen LogP contribution in [0.2, 0.25) is 0 Å². The number of amides is 1. The highest BCUT2D eigenvalue weighted by Gasteiger charge is 2.59. The third-order valence-corrected chi connectivity index (χ3v) is 5.80. The SMILES string of the molecule is CC(C)(C)CCC1CCN(C(=O)C2(C(C)(C)C)CC2)CC1. The van der Waals surface area contributed by atoms with Crippen LogP contribution in [-0.4, -0.2) is 23.9 Å². The molecule has 1 amide bonds. The van der Waals surface area contributed by atoms with Gasteiger partial charge in [-0.3, -0.25) is 4.79 Å². The van der Waals surface area contributed by atoms with Crippen LogP contribution in [0.15, 0.2) is 0 Å². The molecule has 0 aromatic heterocycles. The lowest BCUT2D eigenvalue weighted by molar-refractivity contribution is -0.142. The van der Waals surface area contributed by atoms with Gasteiger partial charge in [-0.2, -0.15) is 0 Å². The van der Waals surface area contributed by atoms with Crippen LogP contribution in [0, 0.1) is 22.2 Å². The number of carbonyl (C=O) groups excluding carboxylic acids is 1. The zero-order valence-corrected chi connectivity index (χ0v) is 15.1.